The number of halogens is 1. The molecule has 0 aromatic carbocycles. The van der Waals surface area contributed by atoms with Crippen molar-refractivity contribution in [2.75, 3.05) is 0 Å². The molecule has 1 N–H and O–H groups in total. The lowest BCUT2D eigenvalue weighted by molar-refractivity contribution is -0.0947. The van der Waals surface area contributed by atoms with Crippen LogP contribution in [0, 0.1) is 34.4 Å². The van der Waals surface area contributed by atoms with Crippen LogP contribution in [0.1, 0.15) is 44.7 Å². The van der Waals surface area contributed by atoms with Gasteiger partial charge in [-0.05, 0) is 49.7 Å². The second kappa shape index (κ2) is 4.53. The van der Waals surface area contributed by atoms with Crippen molar-refractivity contribution in [1.29, 1.82) is 5.26 Å². The fourth-order valence-corrected chi connectivity index (χ4v) is 4.41. The molecule has 3 rings (SSSR count). The van der Waals surface area contributed by atoms with Gasteiger partial charge in [-0.2, -0.15) is 5.26 Å². The zero-order valence-corrected chi connectivity index (χ0v) is 11.6. The second-order valence-corrected chi connectivity index (χ2v) is 6.24. The largest absolute Gasteiger partial charge is 0.382 e. The lowest BCUT2D eigenvalue weighted by atomic mass is 9.61. The standard InChI is InChI=1S/C16H19FN2O/c1-2-16(20,14-6-5-13(17)9-19-14)15(10-18)8-11-3-4-12(15)7-11/h5-6,9,11-12,20H,2-4,7-8H2,1H3. The van der Waals surface area contributed by atoms with Crippen LogP contribution in [0.3, 0.4) is 0 Å². The minimum Gasteiger partial charge on any atom is -0.382 e. The van der Waals surface area contributed by atoms with E-state index in [2.05, 4.69) is 11.1 Å². The lowest BCUT2D eigenvalue weighted by Crippen LogP contribution is -2.48. The quantitative estimate of drug-likeness (QED) is 0.921. The summed E-state index contributed by atoms with van der Waals surface area (Å²) in [5.41, 5.74) is -1.62. The molecule has 0 saturated heterocycles. The Kier molecular flexibility index (Phi) is 3.06. The third-order valence-electron chi connectivity index (χ3n) is 5.45. The Hall–Kier alpha value is -1.47. The molecule has 4 heteroatoms. The molecule has 2 aliphatic rings. The van der Waals surface area contributed by atoms with Crippen LogP contribution in [0.25, 0.3) is 0 Å². The van der Waals surface area contributed by atoms with E-state index >= 15 is 0 Å². The molecule has 0 radical (unpaired) electrons. The summed E-state index contributed by atoms with van der Waals surface area (Å²) in [5.74, 6) is 0.346. The molecule has 1 aromatic rings. The summed E-state index contributed by atoms with van der Waals surface area (Å²) < 4.78 is 13.1. The van der Waals surface area contributed by atoms with Crippen molar-refractivity contribution in [2.45, 2.75) is 44.6 Å². The molecule has 0 amide bonds. The lowest BCUT2D eigenvalue weighted by Gasteiger charge is -2.44. The average Bonchev–Trinajstić information content (AvgIpc) is 3.08. The van der Waals surface area contributed by atoms with Crippen LogP contribution >= 0.6 is 0 Å². The van der Waals surface area contributed by atoms with Gasteiger partial charge in [0, 0.05) is 0 Å². The van der Waals surface area contributed by atoms with Crippen LogP contribution in [0.15, 0.2) is 18.3 Å². The van der Waals surface area contributed by atoms with Crippen LogP contribution in [-0.2, 0) is 5.60 Å². The van der Waals surface area contributed by atoms with Gasteiger partial charge in [-0.1, -0.05) is 13.3 Å². The molecule has 4 unspecified atom stereocenters. The molecule has 3 nitrogen and oxygen atoms in total. The number of aliphatic hydroxyl groups is 1. The Morgan fingerprint density at radius 3 is 2.80 bits per heavy atom. The summed E-state index contributed by atoms with van der Waals surface area (Å²) in [7, 11) is 0. The third-order valence-corrected chi connectivity index (χ3v) is 5.45. The van der Waals surface area contributed by atoms with Crippen molar-refractivity contribution in [3.63, 3.8) is 0 Å². The smallest absolute Gasteiger partial charge is 0.141 e. The summed E-state index contributed by atoms with van der Waals surface area (Å²) in [5, 5.41) is 21.1. The van der Waals surface area contributed by atoms with Gasteiger partial charge in [0.2, 0.25) is 0 Å². The maximum atomic E-state index is 13.1. The van der Waals surface area contributed by atoms with Gasteiger partial charge in [-0.25, -0.2) is 4.39 Å². The molecular weight excluding hydrogens is 255 g/mol. The van der Waals surface area contributed by atoms with E-state index in [1.807, 2.05) is 6.92 Å². The Bertz CT molecular complexity index is 553. The first-order valence-electron chi connectivity index (χ1n) is 7.31. The number of aromatic nitrogens is 1. The van der Waals surface area contributed by atoms with Crippen LogP contribution in [0.5, 0.6) is 0 Å². The number of hydrogen-bond acceptors (Lipinski definition) is 3. The van der Waals surface area contributed by atoms with Gasteiger partial charge in [0.15, 0.2) is 0 Å². The molecule has 1 aromatic heterocycles. The number of rotatable bonds is 3. The highest BCUT2D eigenvalue weighted by atomic mass is 19.1. The number of hydrogen-bond donors (Lipinski definition) is 1. The van der Waals surface area contributed by atoms with Crippen LogP contribution < -0.4 is 0 Å². The number of nitriles is 1. The van der Waals surface area contributed by atoms with Gasteiger partial charge in [-0.3, -0.25) is 4.98 Å². The zero-order valence-electron chi connectivity index (χ0n) is 11.6. The summed E-state index contributed by atoms with van der Waals surface area (Å²) in [6, 6.07) is 5.25. The first kappa shape index (κ1) is 13.5. The van der Waals surface area contributed by atoms with Gasteiger partial charge in [0.05, 0.1) is 23.4 Å². The molecule has 20 heavy (non-hydrogen) atoms. The zero-order chi connectivity index (χ0) is 14.4. The van der Waals surface area contributed by atoms with E-state index in [0.717, 1.165) is 31.9 Å². The average molecular weight is 274 g/mol. The van der Waals surface area contributed by atoms with E-state index in [9.17, 15) is 14.8 Å². The van der Waals surface area contributed by atoms with Crippen LogP contribution in [0.4, 0.5) is 4.39 Å². The van der Waals surface area contributed by atoms with Crippen molar-refractivity contribution >= 4 is 0 Å². The fourth-order valence-electron chi connectivity index (χ4n) is 4.41. The highest BCUT2D eigenvalue weighted by molar-refractivity contribution is 5.27. The summed E-state index contributed by atoms with van der Waals surface area (Å²) in [4.78, 5) is 4.07. The van der Waals surface area contributed by atoms with Crippen LogP contribution in [-0.4, -0.2) is 10.1 Å². The molecule has 2 bridgehead atoms. The summed E-state index contributed by atoms with van der Waals surface area (Å²) >= 11 is 0. The van der Waals surface area contributed by atoms with Crippen LogP contribution in [0.2, 0.25) is 0 Å². The van der Waals surface area contributed by atoms with Gasteiger partial charge in [-0.15, -0.1) is 0 Å². The molecule has 2 aliphatic carbocycles. The maximum absolute atomic E-state index is 13.1. The predicted molar refractivity (Wildman–Crippen MR) is 71.9 cm³/mol. The van der Waals surface area contributed by atoms with Gasteiger partial charge in [0.25, 0.3) is 0 Å². The number of fused-ring (bicyclic) bond motifs is 2. The SMILES string of the molecule is CCC(O)(c1ccc(F)cn1)C1(C#N)CC2CCC1C2. The number of pyridine rings is 1. The van der Waals surface area contributed by atoms with Gasteiger partial charge < -0.3 is 5.11 Å². The van der Waals surface area contributed by atoms with E-state index in [4.69, 9.17) is 0 Å². The maximum Gasteiger partial charge on any atom is 0.141 e. The minimum atomic E-state index is -1.28. The highest BCUT2D eigenvalue weighted by Crippen LogP contribution is 2.63. The number of nitrogens with zero attached hydrogens (tertiary/aromatic N) is 2. The molecule has 0 spiro atoms. The van der Waals surface area contributed by atoms with E-state index in [1.165, 1.54) is 12.1 Å². The monoisotopic (exact) mass is 274 g/mol. The first-order valence-corrected chi connectivity index (χ1v) is 7.31. The van der Waals surface area contributed by atoms with E-state index < -0.39 is 16.8 Å². The van der Waals surface area contributed by atoms with E-state index in [1.54, 1.807) is 0 Å². The Morgan fingerprint density at radius 2 is 2.35 bits per heavy atom. The van der Waals surface area contributed by atoms with Crippen molar-refractivity contribution in [2.24, 2.45) is 17.3 Å². The van der Waals surface area contributed by atoms with Crippen molar-refractivity contribution in [1.82, 2.24) is 4.98 Å². The molecule has 1 heterocycles. The van der Waals surface area contributed by atoms with Gasteiger partial charge in [0.1, 0.15) is 11.4 Å². The Morgan fingerprint density at radius 1 is 1.55 bits per heavy atom. The Balaban J connectivity index is 2.08. The molecule has 2 saturated carbocycles. The Labute approximate surface area is 118 Å². The third kappa shape index (κ3) is 1.63. The fraction of sp³-hybridized carbons (Fsp3) is 0.625. The van der Waals surface area contributed by atoms with Crippen molar-refractivity contribution < 1.29 is 9.50 Å². The highest BCUT2D eigenvalue weighted by Gasteiger charge is 2.62. The molecule has 0 aliphatic heterocycles. The molecule has 4 atom stereocenters. The van der Waals surface area contributed by atoms with Crippen molar-refractivity contribution in [3.8, 4) is 6.07 Å². The summed E-state index contributed by atoms with van der Waals surface area (Å²) in [6.45, 7) is 1.87. The predicted octanol–water partition coefficient (Wildman–Crippen LogP) is 3.15. The second-order valence-electron chi connectivity index (χ2n) is 6.24. The molecular formula is C16H19FN2O. The topological polar surface area (TPSA) is 56.9 Å². The van der Waals surface area contributed by atoms with Crippen molar-refractivity contribution in [3.05, 3.63) is 29.8 Å². The van der Waals surface area contributed by atoms with E-state index in [0.29, 0.717) is 18.0 Å². The first-order chi connectivity index (χ1) is 9.55. The summed E-state index contributed by atoms with van der Waals surface area (Å²) in [6.07, 6.45) is 5.46. The normalized spacial score (nSPS) is 34.7. The van der Waals surface area contributed by atoms with Gasteiger partial charge >= 0.3 is 0 Å². The minimum absolute atomic E-state index is 0.231. The molecule has 2 fully saturated rings. The van der Waals surface area contributed by atoms with E-state index in [-0.39, 0.29) is 5.92 Å². The molecule has 106 valence electrons.